The molecule has 11 heteroatoms. The van der Waals surface area contributed by atoms with Crippen LogP contribution in [0.5, 0.6) is 0 Å². The molecule has 9 nitrogen and oxygen atoms in total. The largest absolute Gasteiger partial charge is 0.380 e. The van der Waals surface area contributed by atoms with Crippen LogP contribution >= 0.6 is 0 Å². The molecule has 0 aliphatic carbocycles. The van der Waals surface area contributed by atoms with Crippen molar-refractivity contribution in [1.82, 2.24) is 19.3 Å². The molecule has 202 valence electrons. The zero-order valence-corrected chi connectivity index (χ0v) is 21.9. The van der Waals surface area contributed by atoms with Crippen molar-refractivity contribution in [3.05, 3.63) is 76.0 Å². The summed E-state index contributed by atoms with van der Waals surface area (Å²) in [7, 11) is 1.98. The molecule has 0 unspecified atom stereocenters. The molecule has 4 aromatic rings. The highest BCUT2D eigenvalue weighted by Crippen LogP contribution is 2.44. The number of ether oxygens (including phenoxy) is 1. The number of imidazole rings is 1. The number of para-hydroxylation sites is 1. The number of aryl methyl sites for hydroxylation is 1. The molecular weight excluding hydrogens is 506 g/mol. The van der Waals surface area contributed by atoms with Crippen LogP contribution in [0, 0.1) is 17.0 Å². The second-order valence-corrected chi connectivity index (χ2v) is 10.7. The fourth-order valence-electron chi connectivity index (χ4n) is 5.52. The number of carbonyl (C=O) groups is 1. The third-order valence-corrected chi connectivity index (χ3v) is 7.58. The zero-order valence-electron chi connectivity index (χ0n) is 21.9. The van der Waals surface area contributed by atoms with Gasteiger partial charge in [-0.2, -0.15) is 9.78 Å². The summed E-state index contributed by atoms with van der Waals surface area (Å²) in [4.78, 5) is 33.0. The number of aromatic nitrogens is 4. The monoisotopic (exact) mass is 534 g/mol. The number of nitrogens with zero attached hydrogens (tertiary/aromatic N) is 5. The van der Waals surface area contributed by atoms with Crippen LogP contribution in [0.15, 0.2) is 47.3 Å². The summed E-state index contributed by atoms with van der Waals surface area (Å²) in [5.74, 6) is -1.43. The minimum absolute atomic E-state index is 0.0972. The number of anilines is 2. The molecule has 0 atom stereocenters. The quantitative estimate of drug-likeness (QED) is 0.416. The second-order valence-electron chi connectivity index (χ2n) is 10.7. The van der Waals surface area contributed by atoms with Gasteiger partial charge >= 0.3 is 0 Å². The van der Waals surface area contributed by atoms with E-state index in [1.165, 1.54) is 12.1 Å². The minimum Gasteiger partial charge on any atom is -0.380 e. The van der Waals surface area contributed by atoms with Crippen LogP contribution in [0.25, 0.3) is 16.7 Å². The highest BCUT2D eigenvalue weighted by molar-refractivity contribution is 6.08. The van der Waals surface area contributed by atoms with E-state index in [1.807, 2.05) is 19.2 Å². The van der Waals surface area contributed by atoms with Gasteiger partial charge in [-0.15, -0.1) is 0 Å². The average molecular weight is 535 g/mol. The van der Waals surface area contributed by atoms with Crippen molar-refractivity contribution in [2.24, 2.45) is 12.5 Å². The first kappa shape index (κ1) is 25.2. The summed E-state index contributed by atoms with van der Waals surface area (Å²) in [6, 6.07) is 9.27. The Kier molecular flexibility index (Phi) is 5.98. The molecule has 2 aromatic heterocycles. The van der Waals surface area contributed by atoms with Gasteiger partial charge in [0.1, 0.15) is 22.7 Å². The normalized spacial score (nSPS) is 16.3. The maximum atomic E-state index is 14.4. The zero-order chi connectivity index (χ0) is 27.5. The van der Waals surface area contributed by atoms with Gasteiger partial charge in [-0.05, 0) is 36.8 Å². The van der Waals surface area contributed by atoms with E-state index >= 15 is 0 Å². The SMILES string of the molecule is CC(C)c1nc2c(N3CCC4(COC4)C3)c(NC(=O)c3ccc(=O)n(-c4c(F)cccc4F)n3)ccc2n1C. The number of fused-ring (bicyclic) bond motifs is 1. The molecule has 1 amide bonds. The molecule has 2 aromatic carbocycles. The Morgan fingerprint density at radius 1 is 1.08 bits per heavy atom. The van der Waals surface area contributed by atoms with Gasteiger partial charge in [0.05, 0.1) is 30.1 Å². The van der Waals surface area contributed by atoms with E-state index in [-0.39, 0.29) is 17.0 Å². The van der Waals surface area contributed by atoms with E-state index in [0.717, 1.165) is 60.3 Å². The average Bonchev–Trinajstić information content (AvgIpc) is 3.47. The first-order valence-corrected chi connectivity index (χ1v) is 12.9. The fourth-order valence-corrected chi connectivity index (χ4v) is 5.52. The van der Waals surface area contributed by atoms with Gasteiger partial charge in [0, 0.05) is 37.5 Å². The number of hydrogen-bond acceptors (Lipinski definition) is 6. The Hall–Kier alpha value is -4.12. The molecule has 4 heterocycles. The summed E-state index contributed by atoms with van der Waals surface area (Å²) in [6.45, 7) is 7.14. The topological polar surface area (TPSA) is 94.3 Å². The van der Waals surface area contributed by atoms with Crippen molar-refractivity contribution in [2.45, 2.75) is 26.2 Å². The molecule has 6 rings (SSSR count). The number of rotatable bonds is 5. The van der Waals surface area contributed by atoms with Crippen LogP contribution in [0.3, 0.4) is 0 Å². The van der Waals surface area contributed by atoms with Crippen molar-refractivity contribution >= 4 is 28.3 Å². The Morgan fingerprint density at radius 2 is 1.82 bits per heavy atom. The van der Waals surface area contributed by atoms with E-state index < -0.39 is 28.8 Å². The lowest BCUT2D eigenvalue weighted by molar-refractivity contribution is -0.0985. The summed E-state index contributed by atoms with van der Waals surface area (Å²) in [5, 5.41) is 6.92. The lowest BCUT2D eigenvalue weighted by Crippen LogP contribution is -2.44. The Bertz CT molecular complexity index is 1650. The van der Waals surface area contributed by atoms with Crippen LogP contribution in [0.1, 0.15) is 42.5 Å². The van der Waals surface area contributed by atoms with E-state index in [0.29, 0.717) is 23.6 Å². The summed E-state index contributed by atoms with van der Waals surface area (Å²) in [5.41, 5.74) is 1.59. The molecule has 2 aliphatic heterocycles. The van der Waals surface area contributed by atoms with Crippen molar-refractivity contribution < 1.29 is 18.3 Å². The molecule has 0 saturated carbocycles. The lowest BCUT2D eigenvalue weighted by atomic mass is 9.85. The molecule has 0 radical (unpaired) electrons. The third kappa shape index (κ3) is 4.17. The number of halogens is 2. The van der Waals surface area contributed by atoms with E-state index in [9.17, 15) is 18.4 Å². The molecule has 1 N–H and O–H groups in total. The van der Waals surface area contributed by atoms with Crippen LogP contribution in [-0.2, 0) is 11.8 Å². The Balaban J connectivity index is 1.41. The van der Waals surface area contributed by atoms with Gasteiger partial charge in [-0.3, -0.25) is 9.59 Å². The number of benzene rings is 2. The molecule has 2 aliphatic rings. The standard InChI is InChI=1S/C28H28F2N6O3/c1-16(2)26-32-23-21(34(26)3)9-7-19(25(23)35-12-11-28(13-35)14-39-15-28)31-27(38)20-8-10-22(37)36(33-20)24-17(29)5-4-6-18(24)30/h4-10,16H,11-15H2,1-3H3,(H,31,38). The molecule has 39 heavy (non-hydrogen) atoms. The molecule has 2 fully saturated rings. The van der Waals surface area contributed by atoms with Gasteiger partial charge in [-0.1, -0.05) is 19.9 Å². The van der Waals surface area contributed by atoms with Crippen molar-refractivity contribution in [1.29, 1.82) is 0 Å². The Morgan fingerprint density at radius 3 is 2.46 bits per heavy atom. The van der Waals surface area contributed by atoms with E-state index in [1.54, 1.807) is 0 Å². The van der Waals surface area contributed by atoms with Crippen LogP contribution < -0.4 is 15.8 Å². The number of nitrogens with one attached hydrogen (secondary N) is 1. The van der Waals surface area contributed by atoms with E-state index in [4.69, 9.17) is 9.72 Å². The fraction of sp³-hybridized carbons (Fsp3) is 0.357. The third-order valence-electron chi connectivity index (χ3n) is 7.58. The van der Waals surface area contributed by atoms with Gasteiger partial charge in [0.25, 0.3) is 11.5 Å². The summed E-state index contributed by atoms with van der Waals surface area (Å²) >= 11 is 0. The number of carbonyl (C=O) groups excluding carboxylic acids is 1. The minimum atomic E-state index is -0.964. The van der Waals surface area contributed by atoms with Gasteiger partial charge in [0.15, 0.2) is 11.6 Å². The van der Waals surface area contributed by atoms with Crippen molar-refractivity contribution in [3.63, 3.8) is 0 Å². The highest BCUT2D eigenvalue weighted by Gasteiger charge is 2.45. The first-order valence-electron chi connectivity index (χ1n) is 12.9. The van der Waals surface area contributed by atoms with Crippen LogP contribution in [-0.4, -0.2) is 51.5 Å². The molecule has 1 spiro atoms. The van der Waals surface area contributed by atoms with Crippen LogP contribution in [0.2, 0.25) is 0 Å². The predicted molar refractivity (Wildman–Crippen MR) is 143 cm³/mol. The number of amides is 1. The summed E-state index contributed by atoms with van der Waals surface area (Å²) in [6.07, 6.45) is 0.974. The van der Waals surface area contributed by atoms with Crippen LogP contribution in [0.4, 0.5) is 20.2 Å². The van der Waals surface area contributed by atoms with Gasteiger partial charge in [-0.25, -0.2) is 13.8 Å². The molecule has 2 saturated heterocycles. The lowest BCUT2D eigenvalue weighted by Gasteiger charge is -2.38. The number of hydrogen-bond donors (Lipinski definition) is 1. The highest BCUT2D eigenvalue weighted by atomic mass is 19.1. The van der Waals surface area contributed by atoms with Gasteiger partial charge in [0.2, 0.25) is 0 Å². The van der Waals surface area contributed by atoms with E-state index in [2.05, 4.69) is 33.7 Å². The van der Waals surface area contributed by atoms with Gasteiger partial charge < -0.3 is 19.5 Å². The molecular formula is C28H28F2N6O3. The first-order chi connectivity index (χ1) is 18.7. The Labute approximate surface area is 223 Å². The predicted octanol–water partition coefficient (Wildman–Crippen LogP) is 4.00. The smallest absolute Gasteiger partial charge is 0.276 e. The maximum absolute atomic E-state index is 14.4. The van der Waals surface area contributed by atoms with Crippen molar-refractivity contribution in [2.75, 3.05) is 36.5 Å². The molecule has 0 bridgehead atoms. The second kappa shape index (κ2) is 9.26. The van der Waals surface area contributed by atoms with Crippen molar-refractivity contribution in [3.8, 4) is 5.69 Å². The maximum Gasteiger partial charge on any atom is 0.276 e. The summed E-state index contributed by atoms with van der Waals surface area (Å²) < 4.78 is 36.9.